The topological polar surface area (TPSA) is 117 Å². The number of rotatable bonds is 7. The molecule has 216 valence electrons. The van der Waals surface area contributed by atoms with E-state index in [4.69, 9.17) is 9.47 Å². The van der Waals surface area contributed by atoms with E-state index in [2.05, 4.69) is 23.8 Å². The smallest absolute Gasteiger partial charge is 0.410 e. The Morgan fingerprint density at radius 3 is 2.55 bits per heavy atom. The van der Waals surface area contributed by atoms with Gasteiger partial charge in [0.2, 0.25) is 11.8 Å². The van der Waals surface area contributed by atoms with Crippen LogP contribution in [0, 0.1) is 11.7 Å². The molecule has 1 saturated carbocycles. The van der Waals surface area contributed by atoms with Crippen molar-refractivity contribution in [1.29, 1.82) is 0 Å². The van der Waals surface area contributed by atoms with E-state index in [-0.39, 0.29) is 37.8 Å². The van der Waals surface area contributed by atoms with Crippen LogP contribution in [0.5, 0.6) is 0 Å². The number of likely N-dealkylation sites (tertiary alicyclic amines) is 1. The van der Waals surface area contributed by atoms with Gasteiger partial charge < -0.3 is 25.0 Å². The molecule has 0 bridgehead atoms. The van der Waals surface area contributed by atoms with Crippen LogP contribution in [0.25, 0.3) is 0 Å². The second kappa shape index (κ2) is 10.9. The van der Waals surface area contributed by atoms with Crippen LogP contribution in [0.15, 0.2) is 43.0 Å². The summed E-state index contributed by atoms with van der Waals surface area (Å²) in [6.07, 6.45) is 0.279. The van der Waals surface area contributed by atoms with Crippen molar-refractivity contribution < 1.29 is 33.0 Å². The molecule has 2 fully saturated rings. The van der Waals surface area contributed by atoms with Gasteiger partial charge in [-0.2, -0.15) is 0 Å². The summed E-state index contributed by atoms with van der Waals surface area (Å²) in [7, 11) is 0. The van der Waals surface area contributed by atoms with Gasteiger partial charge in [0.1, 0.15) is 30.1 Å². The number of carbonyl (C=O) groups is 4. The molecule has 2 N–H and O–H groups in total. The Hall–Kier alpha value is -3.89. The summed E-state index contributed by atoms with van der Waals surface area (Å²) in [5.41, 5.74) is 0.541. The second-order valence-corrected chi connectivity index (χ2v) is 11.7. The van der Waals surface area contributed by atoms with Gasteiger partial charge in [-0.1, -0.05) is 30.4 Å². The molecule has 2 aliphatic heterocycles. The highest BCUT2D eigenvalue weighted by atomic mass is 19.1. The van der Waals surface area contributed by atoms with Crippen molar-refractivity contribution in [3.8, 4) is 0 Å². The van der Waals surface area contributed by atoms with Crippen molar-refractivity contribution in [3.63, 3.8) is 0 Å². The van der Waals surface area contributed by atoms with Gasteiger partial charge in [-0.15, -0.1) is 6.58 Å². The fourth-order valence-electron chi connectivity index (χ4n) is 5.31. The molecule has 1 aromatic rings. The van der Waals surface area contributed by atoms with Crippen LogP contribution >= 0.6 is 0 Å². The minimum Gasteiger partial charge on any atom is -0.444 e. The van der Waals surface area contributed by atoms with Crippen molar-refractivity contribution in [3.05, 3.63) is 60.0 Å². The van der Waals surface area contributed by atoms with Gasteiger partial charge in [-0.25, -0.2) is 14.0 Å². The number of benzene rings is 1. The zero-order valence-corrected chi connectivity index (χ0v) is 23.4. The van der Waals surface area contributed by atoms with E-state index >= 15 is 0 Å². The van der Waals surface area contributed by atoms with Crippen LogP contribution in [0.4, 0.5) is 14.0 Å². The minimum atomic E-state index is -0.943. The van der Waals surface area contributed by atoms with Crippen molar-refractivity contribution in [2.45, 2.75) is 76.9 Å². The van der Waals surface area contributed by atoms with Crippen molar-refractivity contribution in [2.24, 2.45) is 5.92 Å². The summed E-state index contributed by atoms with van der Waals surface area (Å²) in [4.78, 5) is 54.4. The molecule has 3 aliphatic rings. The van der Waals surface area contributed by atoms with Crippen LogP contribution in [0.1, 0.15) is 51.7 Å². The molecule has 4 amide bonds. The maximum atomic E-state index is 14.2. The van der Waals surface area contributed by atoms with Gasteiger partial charge in [0.05, 0.1) is 18.6 Å². The monoisotopic (exact) mass is 556 g/mol. The Balaban J connectivity index is 1.44. The first-order valence-electron chi connectivity index (χ1n) is 13.3. The number of hydrogen-bond donors (Lipinski definition) is 2. The van der Waals surface area contributed by atoms with Gasteiger partial charge in [0.25, 0.3) is 0 Å². The SMILES string of the molecule is C=C[C@@H]1C[C@]1(NC(=O)[C@@H]1C[C@@H](OC(=O)N2Cc3cccc(F)c3C2)CN1C(=O)CNC(=O)OC(C)(C)C)C(=C)C. The highest BCUT2D eigenvalue weighted by molar-refractivity contribution is 5.91. The fraction of sp³-hybridized carbons (Fsp3) is 0.517. The maximum Gasteiger partial charge on any atom is 0.410 e. The van der Waals surface area contributed by atoms with E-state index in [1.807, 2.05) is 6.92 Å². The summed E-state index contributed by atoms with van der Waals surface area (Å²) >= 11 is 0. The summed E-state index contributed by atoms with van der Waals surface area (Å²) in [5.74, 6) is -1.30. The predicted octanol–water partition coefficient (Wildman–Crippen LogP) is 3.41. The first kappa shape index (κ1) is 29.1. The van der Waals surface area contributed by atoms with Crippen LogP contribution < -0.4 is 10.6 Å². The normalized spacial score (nSPS) is 25.1. The zero-order valence-electron chi connectivity index (χ0n) is 23.4. The molecule has 40 heavy (non-hydrogen) atoms. The summed E-state index contributed by atoms with van der Waals surface area (Å²) in [5, 5.41) is 5.45. The first-order chi connectivity index (χ1) is 18.7. The molecular weight excluding hydrogens is 519 g/mol. The average molecular weight is 557 g/mol. The van der Waals surface area contributed by atoms with Crippen molar-refractivity contribution >= 4 is 24.0 Å². The zero-order chi connectivity index (χ0) is 29.4. The average Bonchev–Trinajstić information content (AvgIpc) is 3.19. The van der Waals surface area contributed by atoms with E-state index < -0.39 is 53.8 Å². The quantitative estimate of drug-likeness (QED) is 0.497. The second-order valence-electron chi connectivity index (χ2n) is 11.7. The number of carbonyl (C=O) groups excluding carboxylic acids is 4. The Morgan fingerprint density at radius 2 is 1.95 bits per heavy atom. The van der Waals surface area contributed by atoms with Crippen molar-refractivity contribution in [2.75, 3.05) is 13.1 Å². The third-order valence-corrected chi connectivity index (χ3v) is 7.53. The summed E-state index contributed by atoms with van der Waals surface area (Å²) < 4.78 is 25.1. The number of nitrogens with one attached hydrogen (secondary N) is 2. The van der Waals surface area contributed by atoms with E-state index in [1.165, 1.54) is 15.9 Å². The molecule has 0 spiro atoms. The molecule has 2 heterocycles. The lowest BCUT2D eigenvalue weighted by Crippen LogP contribution is -2.52. The molecule has 0 radical (unpaired) electrons. The number of amides is 4. The highest BCUT2D eigenvalue weighted by Gasteiger charge is 2.55. The standard InChI is InChI=1S/C29H37FN4O6/c1-7-19-12-29(19,17(2)3)32-25(36)23-11-20(15-34(23)24(35)13-31-26(37)40-28(4,5)6)39-27(38)33-14-18-9-8-10-22(30)21(18)16-33/h7-10,19-20,23H,1-2,11-16H2,3-6H3,(H,31,37)(H,32,36)/t19-,20-,23+,29+/m1/s1. The van der Waals surface area contributed by atoms with Gasteiger partial charge in [0.15, 0.2) is 0 Å². The molecule has 0 unspecified atom stereocenters. The Labute approximate surface area is 233 Å². The Morgan fingerprint density at radius 1 is 1.23 bits per heavy atom. The Kier molecular flexibility index (Phi) is 7.96. The molecule has 1 saturated heterocycles. The summed E-state index contributed by atoms with van der Waals surface area (Å²) in [6.45, 7) is 14.6. The van der Waals surface area contributed by atoms with Gasteiger partial charge in [-0.05, 0) is 45.7 Å². The molecule has 4 atom stereocenters. The molecule has 4 rings (SSSR count). The number of ether oxygens (including phenoxy) is 2. The molecule has 11 heteroatoms. The largest absolute Gasteiger partial charge is 0.444 e. The van der Waals surface area contributed by atoms with Gasteiger partial charge in [0, 0.05) is 24.4 Å². The molecular formula is C29H37FN4O6. The van der Waals surface area contributed by atoms with E-state index in [9.17, 15) is 23.6 Å². The van der Waals surface area contributed by atoms with Crippen LogP contribution in [-0.4, -0.2) is 70.2 Å². The van der Waals surface area contributed by atoms with Crippen LogP contribution in [0.3, 0.4) is 0 Å². The minimum absolute atomic E-state index is 0.0270. The first-order valence-corrected chi connectivity index (χ1v) is 13.3. The predicted molar refractivity (Wildman–Crippen MR) is 144 cm³/mol. The lowest BCUT2D eigenvalue weighted by atomic mass is 10.0. The fourth-order valence-corrected chi connectivity index (χ4v) is 5.31. The molecule has 10 nitrogen and oxygen atoms in total. The van der Waals surface area contributed by atoms with Crippen LogP contribution in [-0.2, 0) is 32.2 Å². The van der Waals surface area contributed by atoms with E-state index in [1.54, 1.807) is 39.0 Å². The highest BCUT2D eigenvalue weighted by Crippen LogP contribution is 2.49. The van der Waals surface area contributed by atoms with E-state index in [0.29, 0.717) is 17.5 Å². The Bertz CT molecular complexity index is 1240. The molecule has 0 aromatic heterocycles. The number of alkyl carbamates (subject to hydrolysis) is 1. The number of halogens is 1. The third-order valence-electron chi connectivity index (χ3n) is 7.53. The van der Waals surface area contributed by atoms with Gasteiger partial charge >= 0.3 is 12.2 Å². The number of hydrogen-bond acceptors (Lipinski definition) is 6. The lowest BCUT2D eigenvalue weighted by molar-refractivity contribution is -0.138. The molecule has 1 aliphatic carbocycles. The third kappa shape index (κ3) is 6.13. The lowest BCUT2D eigenvalue weighted by Gasteiger charge is -2.27. The summed E-state index contributed by atoms with van der Waals surface area (Å²) in [6, 6.07) is 3.75. The van der Waals surface area contributed by atoms with Gasteiger partial charge in [-0.3, -0.25) is 14.5 Å². The van der Waals surface area contributed by atoms with Crippen LogP contribution in [0.2, 0.25) is 0 Å². The molecule has 1 aromatic carbocycles. The maximum absolute atomic E-state index is 14.2. The van der Waals surface area contributed by atoms with Crippen molar-refractivity contribution in [1.82, 2.24) is 20.4 Å². The van der Waals surface area contributed by atoms with E-state index in [0.717, 1.165) is 5.57 Å². The number of fused-ring (bicyclic) bond motifs is 1. The number of nitrogens with zero attached hydrogens (tertiary/aromatic N) is 2.